The fourth-order valence-electron chi connectivity index (χ4n) is 19.6. The summed E-state index contributed by atoms with van der Waals surface area (Å²) in [5, 5.41) is 25.8. The molecule has 0 radical (unpaired) electrons. The first kappa shape index (κ1) is 60.0. The lowest BCUT2D eigenvalue weighted by Crippen LogP contribution is -2.03. The van der Waals surface area contributed by atoms with Crippen LogP contribution in [0.3, 0.4) is 0 Å². The first-order chi connectivity index (χ1) is 55.5. The van der Waals surface area contributed by atoms with Crippen LogP contribution >= 0.6 is 0 Å². The van der Waals surface area contributed by atoms with E-state index in [1.165, 1.54) is 130 Å². The Bertz CT molecular complexity index is 8630. The van der Waals surface area contributed by atoms with Gasteiger partial charge in [-0.3, -0.25) is 9.13 Å². The molecule has 0 N–H and O–H groups in total. The Kier molecular flexibility index (Phi) is 11.9. The van der Waals surface area contributed by atoms with Crippen molar-refractivity contribution in [2.75, 3.05) is 0 Å². The van der Waals surface area contributed by atoms with E-state index in [-0.39, 0.29) is 0 Å². The predicted molar refractivity (Wildman–Crippen MR) is 468 cm³/mol. The maximum atomic E-state index is 5.77. The monoisotopic (exact) mass is 1420 g/mol. The maximum absolute atomic E-state index is 5.77. The van der Waals surface area contributed by atoms with E-state index >= 15 is 0 Å². The van der Waals surface area contributed by atoms with Crippen molar-refractivity contribution >= 4 is 185 Å². The summed E-state index contributed by atoms with van der Waals surface area (Å²) < 4.78 is 9.88. The molecule has 0 aliphatic carbocycles. The zero-order valence-corrected chi connectivity index (χ0v) is 60.1. The molecule has 0 aliphatic heterocycles. The molecule has 0 saturated heterocycles. The predicted octanol–water partition coefficient (Wildman–Crippen LogP) is 27.0. The smallest absolute Gasteiger partial charge is 0.162 e. The molecular formula is C104H58N8. The van der Waals surface area contributed by atoms with Crippen molar-refractivity contribution in [3.8, 4) is 67.8 Å². The number of nitrogens with zero attached hydrogens (tertiary/aromatic N) is 8. The fourth-order valence-corrected chi connectivity index (χ4v) is 19.6. The van der Waals surface area contributed by atoms with Gasteiger partial charge in [-0.15, -0.1) is 0 Å². The Labute approximate surface area is 638 Å². The summed E-state index contributed by atoms with van der Waals surface area (Å²) in [5.74, 6) is 3.07. The molecule has 0 aliphatic rings. The summed E-state index contributed by atoms with van der Waals surface area (Å²) >= 11 is 0. The van der Waals surface area contributed by atoms with Crippen molar-refractivity contribution in [3.63, 3.8) is 0 Å². The van der Waals surface area contributed by atoms with E-state index in [4.69, 9.17) is 19.9 Å². The molecule has 8 heteroatoms. The Morgan fingerprint density at radius 2 is 0.545 bits per heavy atom. The number of rotatable bonds is 7. The molecular weight excluding hydrogens is 1360 g/mol. The maximum Gasteiger partial charge on any atom is 0.162 e. The van der Waals surface area contributed by atoms with Crippen molar-refractivity contribution in [2.24, 2.45) is 0 Å². The van der Waals surface area contributed by atoms with Gasteiger partial charge in [-0.05, 0) is 180 Å². The van der Waals surface area contributed by atoms with E-state index in [9.17, 15) is 0 Å². The topological polar surface area (TPSA) is 70.2 Å². The summed E-state index contributed by atoms with van der Waals surface area (Å²) in [6.07, 6.45) is 0. The third-order valence-corrected chi connectivity index (χ3v) is 24.5. The highest BCUT2D eigenvalue weighted by molar-refractivity contribution is 6.36. The zero-order valence-electron chi connectivity index (χ0n) is 60.1. The molecule has 8 heterocycles. The molecule has 0 amide bonds. The minimum Gasteiger partial charge on any atom is -0.308 e. The Morgan fingerprint density at radius 3 is 1.10 bits per heavy atom. The third-order valence-electron chi connectivity index (χ3n) is 24.5. The second-order valence-electron chi connectivity index (χ2n) is 30.3. The van der Waals surface area contributed by atoms with Gasteiger partial charge in [0.1, 0.15) is 11.6 Å². The molecule has 8 aromatic heterocycles. The Balaban J connectivity index is 0.597. The molecule has 26 rings (SSSR count). The van der Waals surface area contributed by atoms with Gasteiger partial charge in [-0.1, -0.05) is 249 Å². The molecule has 18 aromatic carbocycles. The largest absolute Gasteiger partial charge is 0.308 e. The van der Waals surface area contributed by atoms with Gasteiger partial charge in [0.15, 0.2) is 11.6 Å². The summed E-state index contributed by atoms with van der Waals surface area (Å²) in [7, 11) is 0. The number of para-hydroxylation sites is 6. The normalized spacial score (nSPS) is 12.5. The Morgan fingerprint density at radius 1 is 0.179 bits per heavy atom. The first-order valence-electron chi connectivity index (χ1n) is 38.4. The zero-order chi connectivity index (χ0) is 72.7. The standard InChI is InChI=1S/C104H58N8/c1-2-20-59(21-3-1)65-48-50-93-80(53-65)84-57-82-72-26-10-16-34-89(72)111(99(82)95-76-30-12-18-36-91(76)109(93)97(84)95)103-74-28-8-14-32-87(74)105-101(107-103)68-47-45-63-43-42-62-44-46-64(52-78(62)79(63)56-68)60-38-40-61(41-39-60)66-49-51-94-81(54-66)85-58-83-73-27-11-17-35-90(73)112(100(83)96-77-31-13-19-37-92(77)110(94)98(85)96)104-75-29-9-15-33-88(75)106-102(108-104)86-55-67-22-4-5-23-69(67)70-24-6-7-25-71(70)86/h1-58H. The molecule has 0 saturated carbocycles. The van der Waals surface area contributed by atoms with Gasteiger partial charge in [0.2, 0.25) is 0 Å². The van der Waals surface area contributed by atoms with E-state index < -0.39 is 0 Å². The summed E-state index contributed by atoms with van der Waals surface area (Å²) in [6.45, 7) is 0. The number of aromatic nitrogens is 8. The van der Waals surface area contributed by atoms with Crippen LogP contribution in [-0.4, -0.2) is 37.9 Å². The quantitative estimate of drug-likeness (QED) is 0.149. The molecule has 26 aromatic rings. The molecule has 112 heavy (non-hydrogen) atoms. The summed E-state index contributed by atoms with van der Waals surface area (Å²) in [6, 6.07) is 129. The third kappa shape index (κ3) is 8.17. The lowest BCUT2D eigenvalue weighted by atomic mass is 9.95. The van der Waals surface area contributed by atoms with Crippen LogP contribution in [0.2, 0.25) is 0 Å². The van der Waals surface area contributed by atoms with Crippen molar-refractivity contribution in [2.45, 2.75) is 0 Å². The van der Waals surface area contributed by atoms with Gasteiger partial charge in [0, 0.05) is 86.5 Å². The van der Waals surface area contributed by atoms with Crippen LogP contribution in [0.5, 0.6) is 0 Å². The van der Waals surface area contributed by atoms with Gasteiger partial charge >= 0.3 is 0 Å². The van der Waals surface area contributed by atoms with Crippen molar-refractivity contribution in [3.05, 3.63) is 352 Å². The second-order valence-corrected chi connectivity index (χ2v) is 30.3. The van der Waals surface area contributed by atoms with Crippen molar-refractivity contribution in [1.82, 2.24) is 37.9 Å². The molecule has 0 spiro atoms. The van der Waals surface area contributed by atoms with E-state index in [2.05, 4.69) is 370 Å². The fraction of sp³-hybridized carbons (Fsp3) is 0. The molecule has 0 fully saturated rings. The first-order valence-corrected chi connectivity index (χ1v) is 38.4. The van der Waals surface area contributed by atoms with Gasteiger partial charge in [-0.2, -0.15) is 0 Å². The highest BCUT2D eigenvalue weighted by Crippen LogP contribution is 2.51. The van der Waals surface area contributed by atoms with Crippen molar-refractivity contribution < 1.29 is 0 Å². The average Bonchev–Trinajstić information content (AvgIpc) is 1.52. The minimum atomic E-state index is 0.671. The average molecular weight is 1420 g/mol. The van der Waals surface area contributed by atoms with Gasteiger partial charge in [0.25, 0.3) is 0 Å². The molecule has 514 valence electrons. The molecule has 0 atom stereocenters. The van der Waals surface area contributed by atoms with Crippen LogP contribution in [0, 0.1) is 0 Å². The summed E-state index contributed by atoms with van der Waals surface area (Å²) in [4.78, 5) is 22.4. The van der Waals surface area contributed by atoms with Gasteiger partial charge in [0.05, 0.1) is 66.2 Å². The summed E-state index contributed by atoms with van der Waals surface area (Å²) in [5.41, 5.74) is 22.4. The number of hydrogen-bond donors (Lipinski definition) is 0. The number of hydrogen-bond acceptors (Lipinski definition) is 4. The highest BCUT2D eigenvalue weighted by atomic mass is 15.1. The van der Waals surface area contributed by atoms with Crippen LogP contribution in [0.4, 0.5) is 0 Å². The minimum absolute atomic E-state index is 0.671. The second kappa shape index (κ2) is 22.3. The lowest BCUT2D eigenvalue weighted by molar-refractivity contribution is 1.08. The van der Waals surface area contributed by atoms with Crippen LogP contribution in [-0.2, 0) is 0 Å². The lowest BCUT2D eigenvalue weighted by Gasteiger charge is -2.15. The van der Waals surface area contributed by atoms with Gasteiger partial charge in [-0.25, -0.2) is 19.9 Å². The van der Waals surface area contributed by atoms with Gasteiger partial charge < -0.3 is 8.80 Å². The van der Waals surface area contributed by atoms with E-state index in [1.54, 1.807) is 0 Å². The van der Waals surface area contributed by atoms with Crippen molar-refractivity contribution in [1.29, 1.82) is 0 Å². The molecule has 0 bridgehead atoms. The highest BCUT2D eigenvalue weighted by Gasteiger charge is 2.30. The number of fused-ring (bicyclic) bond motifs is 28. The van der Waals surface area contributed by atoms with Crippen LogP contribution in [0.15, 0.2) is 352 Å². The Hall–Kier alpha value is -15.1. The van der Waals surface area contributed by atoms with E-state index in [0.29, 0.717) is 11.6 Å². The van der Waals surface area contributed by atoms with E-state index in [0.717, 1.165) is 110 Å². The van der Waals surface area contributed by atoms with Crippen LogP contribution in [0.1, 0.15) is 0 Å². The SMILES string of the molecule is c1ccc(-c2ccc3c(c2)c2cc4c5ccccc5n(-c5nc(-c6ccc7ccc8ccc(-c9ccc(-c%10ccc%11c(c%10)c%10cc%12c%13ccccc%13n(-c%13nc(-c%14cc%15ccccc%15c%15ccccc%14%15)nc%14ccccc%13%14)c%12c%12c%13ccccc%13n%11c%10%12)cc9)cc8c7c6)nc6ccccc56)c4c4c5ccccc5n3c24)cc1. The van der Waals surface area contributed by atoms with E-state index in [1.807, 2.05) is 0 Å². The van der Waals surface area contributed by atoms with Crippen LogP contribution < -0.4 is 0 Å². The molecule has 0 unspecified atom stereocenters. The van der Waals surface area contributed by atoms with Crippen LogP contribution in [0.25, 0.3) is 252 Å². The number of benzene rings is 18. The molecule has 8 nitrogen and oxygen atoms in total.